The molecule has 0 aliphatic heterocycles. The Morgan fingerprint density at radius 3 is 1.37 bits per heavy atom. The number of aryl methyl sites for hydroxylation is 4. The summed E-state index contributed by atoms with van der Waals surface area (Å²) >= 11 is 0. The summed E-state index contributed by atoms with van der Waals surface area (Å²) in [5.74, 6) is 0.176. The van der Waals surface area contributed by atoms with Crippen LogP contribution < -0.4 is 0 Å². The van der Waals surface area contributed by atoms with Gasteiger partial charge in [0.15, 0.2) is 0 Å². The third-order valence-corrected chi connectivity index (χ3v) is 5.02. The van der Waals surface area contributed by atoms with Gasteiger partial charge in [-0.2, -0.15) is 0 Å². The topological polar surface area (TPSA) is 80.9 Å². The fourth-order valence-corrected chi connectivity index (χ4v) is 3.64. The van der Waals surface area contributed by atoms with E-state index >= 15 is 0 Å². The Labute approximate surface area is 159 Å². The van der Waals surface area contributed by atoms with Crippen LogP contribution in [0.15, 0.2) is 42.5 Å². The third kappa shape index (κ3) is 3.43. The van der Waals surface area contributed by atoms with E-state index in [4.69, 9.17) is 0 Å². The highest BCUT2D eigenvalue weighted by molar-refractivity contribution is 5.56. The van der Waals surface area contributed by atoms with E-state index in [1.54, 1.807) is 12.1 Å². The van der Waals surface area contributed by atoms with Gasteiger partial charge in [0.25, 0.3) is 0 Å². The van der Waals surface area contributed by atoms with E-state index in [9.17, 15) is 20.4 Å². The number of benzene rings is 3. The molecule has 0 heterocycles. The number of phenols is 4. The van der Waals surface area contributed by atoms with Crippen LogP contribution in [0.2, 0.25) is 0 Å². The smallest absolute Gasteiger partial charge is 0.123 e. The Morgan fingerprint density at radius 2 is 1.00 bits per heavy atom. The summed E-state index contributed by atoms with van der Waals surface area (Å²) in [4.78, 5) is 0. The number of phenolic OH excluding ortho intramolecular Hbond substituents is 4. The second kappa shape index (κ2) is 6.88. The number of aromatic hydroxyl groups is 4. The predicted molar refractivity (Wildman–Crippen MR) is 106 cm³/mol. The van der Waals surface area contributed by atoms with E-state index in [1.165, 1.54) is 6.07 Å². The fourth-order valence-electron chi connectivity index (χ4n) is 3.64. The molecule has 0 saturated carbocycles. The van der Waals surface area contributed by atoms with Gasteiger partial charge >= 0.3 is 0 Å². The average molecular weight is 364 g/mol. The van der Waals surface area contributed by atoms with Crippen LogP contribution in [-0.2, 0) is 0 Å². The Kier molecular flexibility index (Phi) is 4.75. The van der Waals surface area contributed by atoms with Gasteiger partial charge in [-0.15, -0.1) is 0 Å². The van der Waals surface area contributed by atoms with Crippen LogP contribution in [0, 0.1) is 27.7 Å². The monoisotopic (exact) mass is 364 g/mol. The molecule has 4 nitrogen and oxygen atoms in total. The second-order valence-electron chi connectivity index (χ2n) is 7.18. The molecule has 0 aliphatic carbocycles. The van der Waals surface area contributed by atoms with Gasteiger partial charge in [-0.3, -0.25) is 0 Å². The first-order valence-electron chi connectivity index (χ1n) is 8.81. The molecular formula is C23H24O4. The molecule has 0 amide bonds. The maximum atomic E-state index is 10.5. The molecule has 27 heavy (non-hydrogen) atoms. The van der Waals surface area contributed by atoms with Gasteiger partial charge in [0.05, 0.1) is 0 Å². The summed E-state index contributed by atoms with van der Waals surface area (Å²) in [7, 11) is 0. The lowest BCUT2D eigenvalue weighted by Gasteiger charge is -2.23. The highest BCUT2D eigenvalue weighted by Crippen LogP contribution is 2.41. The first-order chi connectivity index (χ1) is 12.7. The lowest BCUT2D eigenvalue weighted by Crippen LogP contribution is -2.06. The molecule has 0 spiro atoms. The van der Waals surface area contributed by atoms with Crippen molar-refractivity contribution in [3.05, 3.63) is 81.4 Å². The molecule has 0 unspecified atom stereocenters. The minimum Gasteiger partial charge on any atom is -0.508 e. The van der Waals surface area contributed by atoms with E-state index in [0.717, 1.165) is 33.4 Å². The van der Waals surface area contributed by atoms with E-state index in [-0.39, 0.29) is 28.9 Å². The van der Waals surface area contributed by atoms with Gasteiger partial charge < -0.3 is 20.4 Å². The molecule has 0 atom stereocenters. The summed E-state index contributed by atoms with van der Waals surface area (Å²) in [6, 6.07) is 12.2. The summed E-state index contributed by atoms with van der Waals surface area (Å²) in [5, 5.41) is 40.5. The molecule has 0 aromatic heterocycles. The molecule has 0 aliphatic rings. The van der Waals surface area contributed by atoms with Crippen molar-refractivity contribution in [1.29, 1.82) is 0 Å². The number of hydrogen-bond donors (Lipinski definition) is 4. The van der Waals surface area contributed by atoms with Crippen molar-refractivity contribution in [3.63, 3.8) is 0 Å². The zero-order chi connectivity index (χ0) is 19.9. The fraction of sp³-hybridized carbons (Fsp3) is 0.217. The molecule has 140 valence electrons. The quantitative estimate of drug-likeness (QED) is 0.497. The van der Waals surface area contributed by atoms with Crippen LogP contribution >= 0.6 is 0 Å². The second-order valence-corrected chi connectivity index (χ2v) is 7.18. The van der Waals surface area contributed by atoms with Crippen LogP contribution in [0.25, 0.3) is 0 Å². The standard InChI is InChI=1S/C23H24O4/c1-12-7-16(8-13(2)22(12)26)21(19-6-5-18(24)11-20(19)25)17-9-14(3)23(27)15(4)10-17/h5-11,21,24-27H,1-4H3. The zero-order valence-corrected chi connectivity index (χ0v) is 15.9. The van der Waals surface area contributed by atoms with Gasteiger partial charge in [-0.05, 0) is 67.1 Å². The van der Waals surface area contributed by atoms with Gasteiger partial charge in [-0.1, -0.05) is 30.3 Å². The molecule has 0 saturated heterocycles. The normalized spacial score (nSPS) is 11.1. The molecule has 4 N–H and O–H groups in total. The minimum atomic E-state index is -0.318. The maximum absolute atomic E-state index is 10.5. The van der Waals surface area contributed by atoms with Crippen LogP contribution in [0.3, 0.4) is 0 Å². The molecule has 4 heteroatoms. The maximum Gasteiger partial charge on any atom is 0.123 e. The Balaban J connectivity index is 2.30. The summed E-state index contributed by atoms with van der Waals surface area (Å²) in [6.45, 7) is 7.36. The molecular weight excluding hydrogens is 340 g/mol. The SMILES string of the molecule is Cc1cc(C(c2cc(C)c(O)c(C)c2)c2ccc(O)cc2O)cc(C)c1O. The van der Waals surface area contributed by atoms with Crippen LogP contribution in [0.1, 0.15) is 44.9 Å². The molecule has 0 bridgehead atoms. The molecule has 3 aromatic carbocycles. The van der Waals surface area contributed by atoms with Crippen LogP contribution in [0.5, 0.6) is 23.0 Å². The van der Waals surface area contributed by atoms with E-state index in [2.05, 4.69) is 0 Å². The highest BCUT2D eigenvalue weighted by Gasteiger charge is 2.23. The molecule has 0 radical (unpaired) electrons. The lowest BCUT2D eigenvalue weighted by atomic mass is 9.82. The van der Waals surface area contributed by atoms with E-state index < -0.39 is 0 Å². The van der Waals surface area contributed by atoms with Gasteiger partial charge in [-0.25, -0.2) is 0 Å². The summed E-state index contributed by atoms with van der Waals surface area (Å²) in [6.07, 6.45) is 0. The van der Waals surface area contributed by atoms with Gasteiger partial charge in [0, 0.05) is 17.5 Å². The minimum absolute atomic E-state index is 0.00763. The van der Waals surface area contributed by atoms with Crippen molar-refractivity contribution in [2.75, 3.05) is 0 Å². The van der Waals surface area contributed by atoms with Gasteiger partial charge in [0.2, 0.25) is 0 Å². The zero-order valence-electron chi connectivity index (χ0n) is 15.9. The van der Waals surface area contributed by atoms with Crippen LogP contribution in [0.4, 0.5) is 0 Å². The highest BCUT2D eigenvalue weighted by atomic mass is 16.3. The van der Waals surface area contributed by atoms with Crippen LogP contribution in [-0.4, -0.2) is 20.4 Å². The van der Waals surface area contributed by atoms with Crippen molar-refractivity contribution >= 4 is 0 Å². The van der Waals surface area contributed by atoms with Crippen molar-refractivity contribution in [1.82, 2.24) is 0 Å². The van der Waals surface area contributed by atoms with Crippen molar-refractivity contribution < 1.29 is 20.4 Å². The van der Waals surface area contributed by atoms with Crippen molar-refractivity contribution in [2.24, 2.45) is 0 Å². The number of rotatable bonds is 3. The molecule has 3 aromatic rings. The third-order valence-electron chi connectivity index (χ3n) is 5.02. The van der Waals surface area contributed by atoms with Crippen molar-refractivity contribution in [3.8, 4) is 23.0 Å². The first kappa shape index (κ1) is 18.6. The Morgan fingerprint density at radius 1 is 0.593 bits per heavy atom. The van der Waals surface area contributed by atoms with Gasteiger partial charge in [0.1, 0.15) is 23.0 Å². The number of hydrogen-bond acceptors (Lipinski definition) is 4. The van der Waals surface area contributed by atoms with E-state index in [1.807, 2.05) is 52.0 Å². The molecule has 0 fully saturated rings. The van der Waals surface area contributed by atoms with E-state index in [0.29, 0.717) is 5.56 Å². The van der Waals surface area contributed by atoms with Crippen molar-refractivity contribution in [2.45, 2.75) is 33.6 Å². The average Bonchev–Trinajstić information content (AvgIpc) is 2.59. The Hall–Kier alpha value is -3.14. The first-order valence-corrected chi connectivity index (χ1v) is 8.81. The largest absolute Gasteiger partial charge is 0.508 e. The summed E-state index contributed by atoms with van der Waals surface area (Å²) < 4.78 is 0. The summed E-state index contributed by atoms with van der Waals surface area (Å²) in [5.41, 5.74) is 5.46. The lowest BCUT2D eigenvalue weighted by molar-refractivity contribution is 0.445. The molecule has 3 rings (SSSR count). The predicted octanol–water partition coefficient (Wildman–Crippen LogP) is 4.92. The Bertz CT molecular complexity index is 917.